The maximum atomic E-state index is 5.07. The Morgan fingerprint density at radius 2 is 2.50 bits per heavy atom. The van der Waals surface area contributed by atoms with E-state index in [0.29, 0.717) is 0 Å². The zero-order valence-corrected chi connectivity index (χ0v) is 8.57. The molecule has 2 rings (SSSR count). The molecule has 3 heteroatoms. The van der Waals surface area contributed by atoms with Gasteiger partial charge in [0, 0.05) is 26.4 Å². The highest BCUT2D eigenvalue weighted by atomic mass is 16.5. The fraction of sp³-hybridized carbons (Fsp3) is 0.545. The summed E-state index contributed by atoms with van der Waals surface area (Å²) in [5, 5.41) is 0. The van der Waals surface area contributed by atoms with Gasteiger partial charge in [-0.15, -0.1) is 0 Å². The van der Waals surface area contributed by atoms with E-state index in [-0.39, 0.29) is 0 Å². The van der Waals surface area contributed by atoms with Crippen molar-refractivity contribution in [3.05, 3.63) is 24.0 Å². The van der Waals surface area contributed by atoms with Crippen LogP contribution < -0.4 is 0 Å². The predicted octanol–water partition coefficient (Wildman–Crippen LogP) is 1.72. The van der Waals surface area contributed by atoms with Gasteiger partial charge in [-0.3, -0.25) is 4.99 Å². The molecule has 1 aliphatic heterocycles. The topological polar surface area (TPSA) is 26.5 Å². The molecule has 1 aromatic rings. The Kier molecular flexibility index (Phi) is 2.99. The van der Waals surface area contributed by atoms with E-state index in [1.54, 1.807) is 7.11 Å². The number of hydrogen-bond donors (Lipinski definition) is 0. The minimum Gasteiger partial charge on any atom is -0.383 e. The lowest BCUT2D eigenvalue weighted by Gasteiger charge is -2.07. The van der Waals surface area contributed by atoms with Crippen LogP contribution in [-0.4, -0.2) is 30.5 Å². The Morgan fingerprint density at radius 3 is 3.21 bits per heavy atom. The van der Waals surface area contributed by atoms with Crippen molar-refractivity contribution in [2.24, 2.45) is 4.99 Å². The number of aliphatic imine (C=N–C) groups is 1. The van der Waals surface area contributed by atoms with E-state index < -0.39 is 0 Å². The largest absolute Gasteiger partial charge is 0.383 e. The molecule has 0 fully saturated rings. The van der Waals surface area contributed by atoms with Gasteiger partial charge >= 0.3 is 0 Å². The van der Waals surface area contributed by atoms with Gasteiger partial charge in [0.05, 0.1) is 18.0 Å². The summed E-state index contributed by atoms with van der Waals surface area (Å²) in [4.78, 5) is 4.50. The highest BCUT2D eigenvalue weighted by molar-refractivity contribution is 6.00. The van der Waals surface area contributed by atoms with Crippen molar-refractivity contribution in [1.29, 1.82) is 0 Å². The molecule has 0 saturated carbocycles. The lowest BCUT2D eigenvalue weighted by atomic mass is 10.2. The Morgan fingerprint density at radius 1 is 1.57 bits per heavy atom. The number of nitrogens with zero attached hydrogens (tertiary/aromatic N) is 2. The number of ether oxygens (including phenoxy) is 1. The molecule has 1 aromatic heterocycles. The highest BCUT2D eigenvalue weighted by Gasteiger charge is 2.11. The fourth-order valence-corrected chi connectivity index (χ4v) is 1.81. The Balaban J connectivity index is 2.12. The minimum atomic E-state index is 0.759. The number of rotatable bonds is 4. The van der Waals surface area contributed by atoms with Crippen molar-refractivity contribution >= 4 is 5.71 Å². The van der Waals surface area contributed by atoms with E-state index in [1.165, 1.54) is 17.8 Å². The summed E-state index contributed by atoms with van der Waals surface area (Å²) in [6, 6.07) is 4.21. The van der Waals surface area contributed by atoms with Crippen molar-refractivity contribution in [3.63, 3.8) is 0 Å². The summed E-state index contributed by atoms with van der Waals surface area (Å²) < 4.78 is 7.29. The lowest BCUT2D eigenvalue weighted by Crippen LogP contribution is -2.10. The summed E-state index contributed by atoms with van der Waals surface area (Å²) in [6.07, 6.45) is 4.41. The third-order valence-electron chi connectivity index (χ3n) is 2.54. The first-order chi connectivity index (χ1) is 6.92. The van der Waals surface area contributed by atoms with Gasteiger partial charge in [0.25, 0.3) is 0 Å². The Bertz CT molecular complexity index is 328. The summed E-state index contributed by atoms with van der Waals surface area (Å²) in [6.45, 7) is 2.66. The van der Waals surface area contributed by atoms with Gasteiger partial charge in [-0.2, -0.15) is 0 Å². The highest BCUT2D eigenvalue weighted by Crippen LogP contribution is 2.13. The number of methoxy groups -OCH3 is 1. The van der Waals surface area contributed by atoms with Gasteiger partial charge < -0.3 is 9.30 Å². The van der Waals surface area contributed by atoms with Gasteiger partial charge in [0.15, 0.2) is 0 Å². The average Bonchev–Trinajstić information content (AvgIpc) is 2.84. The van der Waals surface area contributed by atoms with Gasteiger partial charge in [-0.25, -0.2) is 0 Å². The normalized spacial score (nSPS) is 15.9. The fourth-order valence-electron chi connectivity index (χ4n) is 1.81. The van der Waals surface area contributed by atoms with Crippen LogP contribution in [0.5, 0.6) is 0 Å². The molecular weight excluding hydrogens is 176 g/mol. The first-order valence-electron chi connectivity index (χ1n) is 5.09. The standard InChI is InChI=1S/C11H16N2O/c1-14-9-8-13-7-3-5-11(13)10-4-2-6-12-10/h3,5,7H,2,4,6,8-9H2,1H3. The van der Waals surface area contributed by atoms with E-state index >= 15 is 0 Å². The molecule has 2 heterocycles. The van der Waals surface area contributed by atoms with E-state index in [0.717, 1.165) is 26.1 Å². The summed E-state index contributed by atoms with van der Waals surface area (Å²) >= 11 is 0. The zero-order chi connectivity index (χ0) is 9.80. The summed E-state index contributed by atoms with van der Waals surface area (Å²) in [5.74, 6) is 0. The van der Waals surface area contributed by atoms with Crippen LogP contribution in [0.25, 0.3) is 0 Å². The molecule has 14 heavy (non-hydrogen) atoms. The number of hydrogen-bond acceptors (Lipinski definition) is 2. The SMILES string of the molecule is COCCn1cccc1C1=NCCC1. The molecule has 0 amide bonds. The quantitative estimate of drug-likeness (QED) is 0.713. The first-order valence-corrected chi connectivity index (χ1v) is 5.09. The molecule has 0 bridgehead atoms. The van der Waals surface area contributed by atoms with E-state index in [1.807, 2.05) is 0 Å². The third-order valence-corrected chi connectivity index (χ3v) is 2.54. The molecule has 0 radical (unpaired) electrons. The van der Waals surface area contributed by atoms with E-state index in [4.69, 9.17) is 4.74 Å². The van der Waals surface area contributed by atoms with Gasteiger partial charge in [-0.1, -0.05) is 0 Å². The van der Waals surface area contributed by atoms with Crippen LogP contribution >= 0.6 is 0 Å². The maximum Gasteiger partial charge on any atom is 0.0641 e. The molecular formula is C11H16N2O. The molecule has 0 unspecified atom stereocenters. The van der Waals surface area contributed by atoms with Gasteiger partial charge in [-0.05, 0) is 25.0 Å². The van der Waals surface area contributed by atoms with Crippen LogP contribution in [0.4, 0.5) is 0 Å². The molecule has 1 aliphatic rings. The maximum absolute atomic E-state index is 5.07. The van der Waals surface area contributed by atoms with Crippen molar-refractivity contribution in [3.8, 4) is 0 Å². The second kappa shape index (κ2) is 4.42. The third kappa shape index (κ3) is 1.87. The van der Waals surface area contributed by atoms with Crippen molar-refractivity contribution in [2.45, 2.75) is 19.4 Å². The molecule has 0 spiro atoms. The molecule has 0 N–H and O–H groups in total. The van der Waals surface area contributed by atoms with Crippen LogP contribution in [0.2, 0.25) is 0 Å². The molecule has 76 valence electrons. The molecule has 3 nitrogen and oxygen atoms in total. The smallest absolute Gasteiger partial charge is 0.0641 e. The van der Waals surface area contributed by atoms with E-state index in [9.17, 15) is 0 Å². The van der Waals surface area contributed by atoms with Crippen LogP contribution in [-0.2, 0) is 11.3 Å². The zero-order valence-electron chi connectivity index (χ0n) is 8.57. The van der Waals surface area contributed by atoms with Crippen molar-refractivity contribution in [1.82, 2.24) is 4.57 Å². The molecule has 0 atom stereocenters. The molecule has 0 saturated heterocycles. The van der Waals surface area contributed by atoms with Crippen LogP contribution in [0, 0.1) is 0 Å². The van der Waals surface area contributed by atoms with Crippen LogP contribution in [0.3, 0.4) is 0 Å². The van der Waals surface area contributed by atoms with Gasteiger partial charge in [0.1, 0.15) is 0 Å². The van der Waals surface area contributed by atoms with Crippen LogP contribution in [0.1, 0.15) is 18.5 Å². The summed E-state index contributed by atoms with van der Waals surface area (Å²) in [5.41, 5.74) is 2.52. The average molecular weight is 192 g/mol. The monoisotopic (exact) mass is 192 g/mol. The predicted molar refractivity (Wildman–Crippen MR) is 56.9 cm³/mol. The Labute approximate surface area is 84.4 Å². The van der Waals surface area contributed by atoms with Crippen LogP contribution in [0.15, 0.2) is 23.3 Å². The first kappa shape index (κ1) is 9.46. The Hall–Kier alpha value is -1.09. The number of aromatic nitrogens is 1. The lowest BCUT2D eigenvalue weighted by molar-refractivity contribution is 0.187. The van der Waals surface area contributed by atoms with Gasteiger partial charge in [0.2, 0.25) is 0 Å². The second-order valence-corrected chi connectivity index (χ2v) is 3.51. The minimum absolute atomic E-state index is 0.759. The second-order valence-electron chi connectivity index (χ2n) is 3.51. The van der Waals surface area contributed by atoms with Crippen molar-refractivity contribution < 1.29 is 4.74 Å². The van der Waals surface area contributed by atoms with E-state index in [2.05, 4.69) is 27.9 Å². The molecule has 0 aromatic carbocycles. The summed E-state index contributed by atoms with van der Waals surface area (Å²) in [7, 11) is 1.73. The molecule has 0 aliphatic carbocycles. The van der Waals surface area contributed by atoms with Crippen molar-refractivity contribution in [2.75, 3.05) is 20.3 Å².